The zero-order chi connectivity index (χ0) is 22.6. The van der Waals surface area contributed by atoms with Crippen molar-refractivity contribution in [3.8, 4) is 0 Å². The van der Waals surface area contributed by atoms with Crippen LogP contribution in [0.15, 0.2) is 72.9 Å². The third kappa shape index (κ3) is 3.50. The first kappa shape index (κ1) is 22.9. The number of hydrogen-bond acceptors (Lipinski definition) is 3. The molecule has 3 atom stereocenters. The van der Waals surface area contributed by atoms with Crippen molar-refractivity contribution in [2.75, 3.05) is 9.80 Å². The fourth-order valence-corrected chi connectivity index (χ4v) is 4.98. The van der Waals surface area contributed by atoms with Gasteiger partial charge in [-0.25, -0.2) is 4.98 Å². The molecular formula is C28H37N3. The zero-order valence-corrected chi connectivity index (χ0v) is 20.1. The van der Waals surface area contributed by atoms with E-state index in [-0.39, 0.29) is 11.6 Å². The van der Waals surface area contributed by atoms with Gasteiger partial charge in [-0.05, 0) is 42.3 Å². The van der Waals surface area contributed by atoms with E-state index in [1.54, 1.807) is 0 Å². The summed E-state index contributed by atoms with van der Waals surface area (Å²) in [7, 11) is 0. The van der Waals surface area contributed by atoms with Gasteiger partial charge < -0.3 is 9.80 Å². The normalized spacial score (nSPS) is 22.8. The van der Waals surface area contributed by atoms with E-state index in [2.05, 4.69) is 91.2 Å². The standard InChI is InChI=1S/C24H25N3.2C2H6/c1-4-24(3)17(2)23-26(18-11-6-5-7-12-18)21-15-10-16-25-22(21)27(23)20-14-9-8-13-19(20)24;2*1-2/h5-17,23H,4H2,1-3H3;2*1-2H3. The molecule has 164 valence electrons. The number of hydrogen-bond donors (Lipinski definition) is 0. The lowest BCUT2D eigenvalue weighted by molar-refractivity contribution is 0.249. The molecule has 3 aromatic rings. The molecule has 0 spiro atoms. The Hall–Kier alpha value is -2.81. The maximum atomic E-state index is 4.81. The van der Waals surface area contributed by atoms with Gasteiger partial charge in [0, 0.05) is 28.9 Å². The smallest absolute Gasteiger partial charge is 0.158 e. The van der Waals surface area contributed by atoms with Gasteiger partial charge >= 0.3 is 0 Å². The van der Waals surface area contributed by atoms with Gasteiger partial charge in [0.15, 0.2) is 5.82 Å². The maximum Gasteiger partial charge on any atom is 0.158 e. The highest BCUT2D eigenvalue weighted by Gasteiger charge is 2.52. The Morgan fingerprint density at radius 3 is 2.10 bits per heavy atom. The molecule has 0 bridgehead atoms. The van der Waals surface area contributed by atoms with Crippen LogP contribution in [0.25, 0.3) is 0 Å². The van der Waals surface area contributed by atoms with Crippen molar-refractivity contribution < 1.29 is 0 Å². The van der Waals surface area contributed by atoms with Gasteiger partial charge in [-0.3, -0.25) is 0 Å². The van der Waals surface area contributed by atoms with Crippen molar-refractivity contribution in [3.63, 3.8) is 0 Å². The number of fused-ring (bicyclic) bond motifs is 5. The first-order valence-electron chi connectivity index (χ1n) is 11.8. The van der Waals surface area contributed by atoms with E-state index in [1.807, 2.05) is 40.0 Å². The highest BCUT2D eigenvalue weighted by molar-refractivity contribution is 5.88. The largest absolute Gasteiger partial charge is 0.317 e. The molecule has 0 N–H and O–H groups in total. The lowest BCUT2D eigenvalue weighted by atomic mass is 9.66. The predicted octanol–water partition coefficient (Wildman–Crippen LogP) is 8.07. The molecule has 31 heavy (non-hydrogen) atoms. The van der Waals surface area contributed by atoms with Crippen molar-refractivity contribution in [3.05, 3.63) is 78.5 Å². The van der Waals surface area contributed by atoms with E-state index in [0.717, 1.165) is 12.2 Å². The van der Waals surface area contributed by atoms with E-state index in [0.29, 0.717) is 5.92 Å². The number of para-hydroxylation sites is 2. The summed E-state index contributed by atoms with van der Waals surface area (Å²) < 4.78 is 0. The predicted molar refractivity (Wildman–Crippen MR) is 135 cm³/mol. The van der Waals surface area contributed by atoms with E-state index in [4.69, 9.17) is 4.98 Å². The second kappa shape index (κ2) is 9.55. The molecule has 3 heterocycles. The number of aromatic nitrogens is 1. The number of nitrogens with zero attached hydrogens (tertiary/aromatic N) is 3. The molecule has 0 aliphatic carbocycles. The van der Waals surface area contributed by atoms with Gasteiger partial charge in [0.1, 0.15) is 6.17 Å². The fourth-order valence-electron chi connectivity index (χ4n) is 4.98. The summed E-state index contributed by atoms with van der Waals surface area (Å²) in [6.45, 7) is 15.1. The topological polar surface area (TPSA) is 19.4 Å². The van der Waals surface area contributed by atoms with Crippen molar-refractivity contribution in [2.24, 2.45) is 5.92 Å². The molecular weight excluding hydrogens is 378 g/mol. The van der Waals surface area contributed by atoms with Gasteiger partial charge in [-0.2, -0.15) is 0 Å². The molecule has 0 radical (unpaired) electrons. The second-order valence-electron chi connectivity index (χ2n) is 7.91. The molecule has 3 nitrogen and oxygen atoms in total. The Bertz CT molecular complexity index is 984. The van der Waals surface area contributed by atoms with Crippen molar-refractivity contribution in [1.82, 2.24) is 4.98 Å². The molecule has 2 aliphatic rings. The van der Waals surface area contributed by atoms with Gasteiger partial charge in [0.05, 0.1) is 5.69 Å². The molecule has 0 amide bonds. The lowest BCUT2D eigenvalue weighted by Gasteiger charge is -2.51. The zero-order valence-electron chi connectivity index (χ0n) is 20.1. The molecule has 3 unspecified atom stereocenters. The van der Waals surface area contributed by atoms with Crippen molar-refractivity contribution in [2.45, 2.75) is 66.5 Å². The van der Waals surface area contributed by atoms with Gasteiger partial charge in [0.2, 0.25) is 0 Å². The Balaban J connectivity index is 0.000000645. The van der Waals surface area contributed by atoms with Gasteiger partial charge in [-0.15, -0.1) is 0 Å². The summed E-state index contributed by atoms with van der Waals surface area (Å²) in [5.41, 5.74) is 5.26. The van der Waals surface area contributed by atoms with Gasteiger partial charge in [0.25, 0.3) is 0 Å². The van der Waals surface area contributed by atoms with Crippen molar-refractivity contribution in [1.29, 1.82) is 0 Å². The lowest BCUT2D eigenvalue weighted by Crippen LogP contribution is -2.54. The van der Waals surface area contributed by atoms with Crippen LogP contribution in [0.2, 0.25) is 0 Å². The molecule has 2 aliphatic heterocycles. The van der Waals surface area contributed by atoms with E-state index in [9.17, 15) is 0 Å². The van der Waals surface area contributed by atoms with Gasteiger partial charge in [-0.1, -0.05) is 84.9 Å². The summed E-state index contributed by atoms with van der Waals surface area (Å²) >= 11 is 0. The SMILES string of the molecule is CC.CC.CCC1(C)c2ccccc2N2c3ncccc3N(c3ccccc3)C2C1C. The third-order valence-corrected chi connectivity index (χ3v) is 6.78. The number of pyridine rings is 1. The molecule has 0 fully saturated rings. The monoisotopic (exact) mass is 415 g/mol. The summed E-state index contributed by atoms with van der Waals surface area (Å²) in [4.78, 5) is 9.75. The summed E-state index contributed by atoms with van der Waals surface area (Å²) in [6.07, 6.45) is 3.24. The fraction of sp³-hybridized carbons (Fsp3) is 0.393. The van der Waals surface area contributed by atoms with Crippen LogP contribution >= 0.6 is 0 Å². The maximum absolute atomic E-state index is 4.81. The number of benzene rings is 2. The molecule has 2 aromatic carbocycles. The molecule has 3 heteroatoms. The first-order chi connectivity index (χ1) is 15.2. The quantitative estimate of drug-likeness (QED) is 0.422. The van der Waals surface area contributed by atoms with Crippen LogP contribution in [0.1, 0.15) is 60.5 Å². The summed E-state index contributed by atoms with van der Waals surface area (Å²) in [5.74, 6) is 1.50. The average Bonchev–Trinajstić information content (AvgIpc) is 3.21. The Morgan fingerprint density at radius 2 is 1.42 bits per heavy atom. The molecule has 1 aromatic heterocycles. The van der Waals surface area contributed by atoms with Crippen LogP contribution in [0, 0.1) is 5.92 Å². The minimum absolute atomic E-state index is 0.118. The summed E-state index contributed by atoms with van der Waals surface area (Å²) in [6, 6.07) is 23.9. The third-order valence-electron chi connectivity index (χ3n) is 6.78. The van der Waals surface area contributed by atoms with Crippen LogP contribution in [0.4, 0.5) is 22.9 Å². The highest BCUT2D eigenvalue weighted by Crippen LogP contribution is 2.57. The molecule has 0 saturated carbocycles. The second-order valence-corrected chi connectivity index (χ2v) is 7.91. The van der Waals surface area contributed by atoms with Crippen molar-refractivity contribution >= 4 is 22.9 Å². The van der Waals surface area contributed by atoms with E-state index >= 15 is 0 Å². The molecule has 5 rings (SSSR count). The first-order valence-corrected chi connectivity index (χ1v) is 11.8. The van der Waals surface area contributed by atoms with Crippen LogP contribution in [0.5, 0.6) is 0 Å². The van der Waals surface area contributed by atoms with E-state index < -0.39 is 0 Å². The minimum atomic E-state index is 0.118. The van der Waals surface area contributed by atoms with Crippen LogP contribution in [0.3, 0.4) is 0 Å². The van der Waals surface area contributed by atoms with E-state index in [1.165, 1.54) is 22.6 Å². The van der Waals surface area contributed by atoms with Crippen LogP contribution in [-0.4, -0.2) is 11.1 Å². The Labute approximate surface area is 188 Å². The average molecular weight is 416 g/mol. The Kier molecular flexibility index (Phi) is 7.04. The Morgan fingerprint density at radius 1 is 0.806 bits per heavy atom. The van der Waals surface area contributed by atoms with Crippen LogP contribution in [-0.2, 0) is 5.41 Å². The van der Waals surface area contributed by atoms with Crippen LogP contribution < -0.4 is 9.80 Å². The minimum Gasteiger partial charge on any atom is -0.317 e. The number of rotatable bonds is 2. The highest BCUT2D eigenvalue weighted by atomic mass is 15.5. The summed E-state index contributed by atoms with van der Waals surface area (Å²) in [5, 5.41) is 0. The number of anilines is 4. The molecule has 0 saturated heterocycles.